The predicted octanol–water partition coefficient (Wildman–Crippen LogP) is 6.02. The smallest absolute Gasteiger partial charge is 0.349 e. The summed E-state index contributed by atoms with van der Waals surface area (Å²) in [4.78, 5) is 14.1. The summed E-state index contributed by atoms with van der Waals surface area (Å²) in [6.07, 6.45) is 5.60. The van der Waals surface area contributed by atoms with Crippen LogP contribution in [0.2, 0.25) is 0 Å². The van der Waals surface area contributed by atoms with Crippen LogP contribution in [0, 0.1) is 5.92 Å². The highest BCUT2D eigenvalue weighted by Gasteiger charge is 2.32. The molecule has 0 saturated heterocycles. The van der Waals surface area contributed by atoms with E-state index in [2.05, 4.69) is 22.5 Å². The number of nitrogens with one attached hydrogen (secondary N) is 2. The van der Waals surface area contributed by atoms with E-state index in [0.29, 0.717) is 41.2 Å². The molecular formula is C25H32F3N7. The lowest BCUT2D eigenvalue weighted by Crippen LogP contribution is -2.31. The summed E-state index contributed by atoms with van der Waals surface area (Å²) >= 11 is 0. The first-order valence-corrected chi connectivity index (χ1v) is 12.4. The second-order valence-electron chi connectivity index (χ2n) is 10.2. The zero-order chi connectivity index (χ0) is 24.6. The van der Waals surface area contributed by atoms with Crippen molar-refractivity contribution in [1.29, 1.82) is 0 Å². The standard InChI is InChI=1S/C25H32F3N7/c1-24(11-2-3-12-24)34-22-30-15-20-21(33-22)35(19-9-7-16(14-29)8-10-19)23(32-20)31-18-6-4-5-17(13-18)25(26,27)28/h4-6,13,15-16,19H,2-3,7-12,14,29H2,1H3,(H,31,32)(H,30,33,34). The van der Waals surface area contributed by atoms with E-state index in [1.165, 1.54) is 18.9 Å². The number of imidazole rings is 1. The van der Waals surface area contributed by atoms with E-state index in [0.717, 1.165) is 50.7 Å². The van der Waals surface area contributed by atoms with E-state index in [-0.39, 0.29) is 11.6 Å². The number of fused-ring (bicyclic) bond motifs is 1. The lowest BCUT2D eigenvalue weighted by atomic mass is 9.86. The first-order valence-electron chi connectivity index (χ1n) is 12.4. The molecule has 0 amide bonds. The number of aromatic nitrogens is 4. The minimum Gasteiger partial charge on any atom is -0.349 e. The largest absolute Gasteiger partial charge is 0.416 e. The van der Waals surface area contributed by atoms with Gasteiger partial charge in [-0.15, -0.1) is 0 Å². The third-order valence-corrected chi connectivity index (χ3v) is 7.51. The number of alkyl halides is 3. The predicted molar refractivity (Wildman–Crippen MR) is 131 cm³/mol. The molecule has 2 heterocycles. The molecule has 5 rings (SSSR count). The van der Waals surface area contributed by atoms with Gasteiger partial charge in [-0.05, 0) is 76.1 Å². The van der Waals surface area contributed by atoms with Crippen molar-refractivity contribution in [3.05, 3.63) is 36.0 Å². The lowest BCUT2D eigenvalue weighted by molar-refractivity contribution is -0.137. The van der Waals surface area contributed by atoms with E-state index in [1.54, 1.807) is 12.3 Å². The molecule has 0 radical (unpaired) electrons. The molecule has 2 fully saturated rings. The summed E-state index contributed by atoms with van der Waals surface area (Å²) in [5, 5.41) is 6.65. The molecule has 10 heteroatoms. The third-order valence-electron chi connectivity index (χ3n) is 7.51. The molecule has 0 atom stereocenters. The molecule has 0 aliphatic heterocycles. The van der Waals surface area contributed by atoms with E-state index in [4.69, 9.17) is 15.7 Å². The van der Waals surface area contributed by atoms with Gasteiger partial charge in [0.05, 0.1) is 11.8 Å². The maximum absolute atomic E-state index is 13.3. The Kier molecular flexibility index (Phi) is 6.33. The summed E-state index contributed by atoms with van der Waals surface area (Å²) in [7, 11) is 0. The van der Waals surface area contributed by atoms with Crippen molar-refractivity contribution >= 4 is 28.7 Å². The van der Waals surface area contributed by atoms with E-state index in [9.17, 15) is 13.2 Å². The van der Waals surface area contributed by atoms with Crippen LogP contribution in [0.1, 0.15) is 69.9 Å². The van der Waals surface area contributed by atoms with Gasteiger partial charge in [-0.3, -0.25) is 4.57 Å². The molecular weight excluding hydrogens is 455 g/mol. The van der Waals surface area contributed by atoms with Gasteiger partial charge in [0.15, 0.2) is 5.65 Å². The minimum atomic E-state index is -4.42. The van der Waals surface area contributed by atoms with Gasteiger partial charge in [-0.25, -0.2) is 9.97 Å². The minimum absolute atomic E-state index is 0.0309. The van der Waals surface area contributed by atoms with Gasteiger partial charge in [-0.2, -0.15) is 18.2 Å². The number of hydrogen-bond acceptors (Lipinski definition) is 6. The summed E-state index contributed by atoms with van der Waals surface area (Å²) in [5.41, 5.74) is 6.80. The van der Waals surface area contributed by atoms with Crippen molar-refractivity contribution < 1.29 is 13.2 Å². The Balaban J connectivity index is 1.52. The van der Waals surface area contributed by atoms with Crippen LogP contribution < -0.4 is 16.4 Å². The molecule has 4 N–H and O–H groups in total. The fourth-order valence-electron chi connectivity index (χ4n) is 5.48. The number of nitrogens with zero attached hydrogens (tertiary/aromatic N) is 4. The molecule has 2 aliphatic rings. The number of benzene rings is 1. The normalized spacial score (nSPS) is 22.4. The highest BCUT2D eigenvalue weighted by molar-refractivity contribution is 5.76. The number of anilines is 3. The maximum atomic E-state index is 13.3. The summed E-state index contributed by atoms with van der Waals surface area (Å²) < 4.78 is 41.9. The molecule has 0 spiro atoms. The van der Waals surface area contributed by atoms with Crippen LogP contribution in [-0.4, -0.2) is 31.6 Å². The fraction of sp³-hybridized carbons (Fsp3) is 0.560. The molecule has 0 bridgehead atoms. The molecule has 2 saturated carbocycles. The van der Waals surface area contributed by atoms with E-state index >= 15 is 0 Å². The van der Waals surface area contributed by atoms with Gasteiger partial charge in [-0.1, -0.05) is 18.9 Å². The van der Waals surface area contributed by atoms with Crippen LogP contribution in [0.25, 0.3) is 11.2 Å². The second-order valence-corrected chi connectivity index (χ2v) is 10.2. The second kappa shape index (κ2) is 9.29. The monoisotopic (exact) mass is 487 g/mol. The molecule has 3 aromatic rings. The van der Waals surface area contributed by atoms with Crippen LogP contribution in [0.15, 0.2) is 30.5 Å². The summed E-state index contributed by atoms with van der Waals surface area (Å²) in [6, 6.07) is 5.31. The van der Waals surface area contributed by atoms with Gasteiger partial charge in [0.1, 0.15) is 5.52 Å². The van der Waals surface area contributed by atoms with Gasteiger partial charge in [0.25, 0.3) is 0 Å². The third kappa shape index (κ3) is 5.07. The zero-order valence-electron chi connectivity index (χ0n) is 19.9. The Morgan fingerprint density at radius 2 is 1.86 bits per heavy atom. The van der Waals surface area contributed by atoms with Crippen LogP contribution in [0.3, 0.4) is 0 Å². The van der Waals surface area contributed by atoms with Crippen LogP contribution in [-0.2, 0) is 6.18 Å². The van der Waals surface area contributed by atoms with Gasteiger partial charge >= 0.3 is 6.18 Å². The maximum Gasteiger partial charge on any atom is 0.416 e. The van der Waals surface area contributed by atoms with Crippen molar-refractivity contribution in [1.82, 2.24) is 19.5 Å². The highest BCUT2D eigenvalue weighted by atomic mass is 19.4. The number of halogens is 3. The highest BCUT2D eigenvalue weighted by Crippen LogP contribution is 2.38. The van der Waals surface area contributed by atoms with E-state index < -0.39 is 11.7 Å². The molecule has 7 nitrogen and oxygen atoms in total. The number of hydrogen-bond donors (Lipinski definition) is 3. The van der Waals surface area contributed by atoms with Crippen molar-refractivity contribution in [2.75, 3.05) is 17.2 Å². The van der Waals surface area contributed by atoms with Gasteiger partial charge < -0.3 is 16.4 Å². The summed E-state index contributed by atoms with van der Waals surface area (Å²) in [5.74, 6) is 1.54. The topological polar surface area (TPSA) is 93.7 Å². The first-order chi connectivity index (χ1) is 16.7. The molecule has 2 aromatic heterocycles. The lowest BCUT2D eigenvalue weighted by Gasteiger charge is -2.30. The number of rotatable bonds is 6. The molecule has 2 aliphatic carbocycles. The quantitative estimate of drug-likeness (QED) is 0.393. The Bertz CT molecular complexity index is 1180. The van der Waals surface area contributed by atoms with Gasteiger partial charge in [0, 0.05) is 17.3 Å². The molecule has 35 heavy (non-hydrogen) atoms. The van der Waals surface area contributed by atoms with Crippen LogP contribution in [0.4, 0.5) is 30.8 Å². The molecule has 1 aromatic carbocycles. The SMILES string of the molecule is CC1(Nc2ncc3nc(Nc4cccc(C(F)(F)F)c4)n(C4CCC(CN)CC4)c3n2)CCCC1. The van der Waals surface area contributed by atoms with Crippen molar-refractivity contribution in [2.24, 2.45) is 11.7 Å². The van der Waals surface area contributed by atoms with Crippen molar-refractivity contribution in [3.63, 3.8) is 0 Å². The fourth-order valence-corrected chi connectivity index (χ4v) is 5.48. The molecule has 0 unspecified atom stereocenters. The Morgan fingerprint density at radius 3 is 2.54 bits per heavy atom. The Hall–Kier alpha value is -2.88. The van der Waals surface area contributed by atoms with E-state index in [1.807, 2.05) is 4.57 Å². The van der Waals surface area contributed by atoms with Crippen molar-refractivity contribution in [2.45, 2.75) is 76.0 Å². The average Bonchev–Trinajstić information content (AvgIpc) is 3.41. The Labute approximate surface area is 202 Å². The van der Waals surface area contributed by atoms with Crippen LogP contribution in [0.5, 0.6) is 0 Å². The van der Waals surface area contributed by atoms with Gasteiger partial charge in [0.2, 0.25) is 11.9 Å². The summed E-state index contributed by atoms with van der Waals surface area (Å²) in [6.45, 7) is 2.86. The zero-order valence-corrected chi connectivity index (χ0v) is 19.9. The Morgan fingerprint density at radius 1 is 1.11 bits per heavy atom. The number of nitrogens with two attached hydrogens (primary N) is 1. The average molecular weight is 488 g/mol. The molecule has 188 valence electrons. The van der Waals surface area contributed by atoms with Crippen LogP contribution >= 0.6 is 0 Å². The first kappa shape index (κ1) is 23.8. The van der Waals surface area contributed by atoms with Crippen molar-refractivity contribution in [3.8, 4) is 0 Å².